The molecule has 1 N–H and O–H groups in total. The highest BCUT2D eigenvalue weighted by molar-refractivity contribution is 5.93. The molecule has 0 aliphatic carbocycles. The van der Waals surface area contributed by atoms with E-state index >= 15 is 0 Å². The fraction of sp³-hybridized carbons (Fsp3) is 0.286. The first-order chi connectivity index (χ1) is 12.5. The van der Waals surface area contributed by atoms with Gasteiger partial charge in [-0.25, -0.2) is 0 Å². The van der Waals surface area contributed by atoms with Crippen molar-refractivity contribution in [2.24, 2.45) is 0 Å². The summed E-state index contributed by atoms with van der Waals surface area (Å²) in [5.41, 5.74) is 3.15. The van der Waals surface area contributed by atoms with Gasteiger partial charge in [0.2, 0.25) is 5.91 Å². The van der Waals surface area contributed by atoms with E-state index in [4.69, 9.17) is 14.2 Å². The van der Waals surface area contributed by atoms with Crippen LogP contribution in [0.4, 0.5) is 5.69 Å². The quantitative estimate of drug-likeness (QED) is 0.718. The monoisotopic (exact) mass is 355 g/mol. The summed E-state index contributed by atoms with van der Waals surface area (Å²) in [6.07, 6.45) is 2.25. The minimum Gasteiger partial charge on any atom is -0.494 e. The van der Waals surface area contributed by atoms with Gasteiger partial charge in [-0.3, -0.25) is 4.79 Å². The van der Waals surface area contributed by atoms with E-state index in [2.05, 4.69) is 11.9 Å². The van der Waals surface area contributed by atoms with Gasteiger partial charge < -0.3 is 19.5 Å². The number of carbonyl (C=O) groups excluding carboxylic acids is 1. The lowest BCUT2D eigenvalue weighted by Gasteiger charge is -2.23. The van der Waals surface area contributed by atoms with Crippen molar-refractivity contribution in [2.75, 3.05) is 19.5 Å². The van der Waals surface area contributed by atoms with Crippen molar-refractivity contribution in [3.8, 4) is 17.2 Å². The van der Waals surface area contributed by atoms with Crippen molar-refractivity contribution in [2.45, 2.75) is 26.9 Å². The van der Waals surface area contributed by atoms with Crippen LogP contribution in [-0.2, 0) is 17.8 Å². The Morgan fingerprint density at radius 2 is 1.77 bits per heavy atom. The summed E-state index contributed by atoms with van der Waals surface area (Å²) < 4.78 is 17.3. The molecule has 0 fully saturated rings. The van der Waals surface area contributed by atoms with Crippen LogP contribution in [0.5, 0.6) is 17.2 Å². The van der Waals surface area contributed by atoms with Crippen LogP contribution in [0.25, 0.3) is 0 Å². The van der Waals surface area contributed by atoms with E-state index in [0.717, 1.165) is 16.7 Å². The van der Waals surface area contributed by atoms with Gasteiger partial charge in [0.1, 0.15) is 12.4 Å². The Labute approximate surface area is 154 Å². The predicted octanol–water partition coefficient (Wildman–Crippen LogP) is 4.28. The Kier molecular flexibility index (Phi) is 6.67. The van der Waals surface area contributed by atoms with E-state index in [-0.39, 0.29) is 5.91 Å². The number of amides is 1. The van der Waals surface area contributed by atoms with E-state index in [1.54, 1.807) is 20.3 Å². The summed E-state index contributed by atoms with van der Waals surface area (Å²) >= 11 is 0. The molecule has 138 valence electrons. The molecule has 0 saturated heterocycles. The maximum atomic E-state index is 11.7. The van der Waals surface area contributed by atoms with Gasteiger partial charge in [0.15, 0.2) is 11.5 Å². The van der Waals surface area contributed by atoms with Crippen molar-refractivity contribution in [1.29, 1.82) is 0 Å². The third kappa shape index (κ3) is 4.17. The molecule has 0 radical (unpaired) electrons. The third-order valence-corrected chi connectivity index (χ3v) is 3.97. The SMILES string of the molecule is C=CCc1c(NC(C)=O)c(OC)c(C)c(OC)c1OCc1ccccc1. The van der Waals surface area contributed by atoms with Crippen LogP contribution in [0.2, 0.25) is 0 Å². The van der Waals surface area contributed by atoms with Crippen LogP contribution in [0.15, 0.2) is 43.0 Å². The Morgan fingerprint density at radius 3 is 2.31 bits per heavy atom. The fourth-order valence-corrected chi connectivity index (χ4v) is 2.88. The van der Waals surface area contributed by atoms with Crippen molar-refractivity contribution < 1.29 is 19.0 Å². The van der Waals surface area contributed by atoms with Gasteiger partial charge >= 0.3 is 0 Å². The second-order valence-corrected chi connectivity index (χ2v) is 5.82. The van der Waals surface area contributed by atoms with E-state index in [1.165, 1.54) is 6.92 Å². The summed E-state index contributed by atoms with van der Waals surface area (Å²) in [6.45, 7) is 7.53. The largest absolute Gasteiger partial charge is 0.494 e. The highest BCUT2D eigenvalue weighted by atomic mass is 16.5. The Bertz CT molecular complexity index is 785. The van der Waals surface area contributed by atoms with Crippen LogP contribution >= 0.6 is 0 Å². The molecular weight excluding hydrogens is 330 g/mol. The van der Waals surface area contributed by atoms with Crippen molar-refractivity contribution >= 4 is 11.6 Å². The Hall–Kier alpha value is -2.95. The number of hydrogen-bond donors (Lipinski definition) is 1. The van der Waals surface area contributed by atoms with Gasteiger partial charge in [-0.05, 0) is 18.9 Å². The lowest BCUT2D eigenvalue weighted by atomic mass is 10.0. The molecule has 0 heterocycles. The number of nitrogens with one attached hydrogen (secondary N) is 1. The normalized spacial score (nSPS) is 10.2. The first-order valence-corrected chi connectivity index (χ1v) is 8.36. The van der Waals surface area contributed by atoms with E-state index in [1.807, 2.05) is 37.3 Å². The smallest absolute Gasteiger partial charge is 0.221 e. The Balaban J connectivity index is 2.59. The molecule has 0 saturated carbocycles. The van der Waals surface area contributed by atoms with Gasteiger partial charge in [0.25, 0.3) is 0 Å². The zero-order chi connectivity index (χ0) is 19.1. The van der Waals surface area contributed by atoms with Crippen LogP contribution in [-0.4, -0.2) is 20.1 Å². The molecule has 0 bridgehead atoms. The highest BCUT2D eigenvalue weighted by Crippen LogP contribution is 2.47. The van der Waals surface area contributed by atoms with Crippen molar-refractivity contribution in [1.82, 2.24) is 0 Å². The lowest BCUT2D eigenvalue weighted by molar-refractivity contribution is -0.114. The average molecular weight is 355 g/mol. The third-order valence-electron chi connectivity index (χ3n) is 3.97. The molecular formula is C21H25NO4. The standard InChI is InChI=1S/C21H25NO4/c1-6-10-17-18(22-15(3)23)19(24-4)14(2)20(25-5)21(17)26-13-16-11-8-7-9-12-16/h6-9,11-12H,1,10,13H2,2-5H3,(H,22,23). The first-order valence-electron chi connectivity index (χ1n) is 8.36. The van der Waals surface area contributed by atoms with Gasteiger partial charge in [-0.2, -0.15) is 0 Å². The number of carbonyl (C=O) groups is 1. The summed E-state index contributed by atoms with van der Waals surface area (Å²) in [7, 11) is 3.15. The molecule has 2 aromatic carbocycles. The molecule has 2 aromatic rings. The molecule has 26 heavy (non-hydrogen) atoms. The van der Waals surface area contributed by atoms with Gasteiger partial charge in [-0.1, -0.05) is 36.4 Å². The number of ether oxygens (including phenoxy) is 3. The molecule has 0 aliphatic heterocycles. The van der Waals surface area contributed by atoms with E-state index < -0.39 is 0 Å². The topological polar surface area (TPSA) is 56.8 Å². The molecule has 5 nitrogen and oxygen atoms in total. The zero-order valence-electron chi connectivity index (χ0n) is 15.7. The van der Waals surface area contributed by atoms with Crippen LogP contribution < -0.4 is 19.5 Å². The number of hydrogen-bond acceptors (Lipinski definition) is 4. The summed E-state index contributed by atoms with van der Waals surface area (Å²) in [5, 5.41) is 2.86. The molecule has 0 aliphatic rings. The summed E-state index contributed by atoms with van der Waals surface area (Å²) in [4.78, 5) is 11.7. The van der Waals surface area contributed by atoms with Gasteiger partial charge in [0.05, 0.1) is 19.9 Å². The molecule has 0 atom stereocenters. The zero-order valence-corrected chi connectivity index (χ0v) is 15.7. The molecule has 1 amide bonds. The number of allylic oxidation sites excluding steroid dienone is 1. The minimum absolute atomic E-state index is 0.188. The van der Waals surface area contributed by atoms with E-state index in [0.29, 0.717) is 36.0 Å². The minimum atomic E-state index is -0.188. The molecule has 5 heteroatoms. The van der Waals surface area contributed by atoms with Crippen molar-refractivity contribution in [3.05, 3.63) is 59.7 Å². The van der Waals surface area contributed by atoms with Crippen LogP contribution in [0, 0.1) is 6.92 Å². The van der Waals surface area contributed by atoms with Gasteiger partial charge in [-0.15, -0.1) is 6.58 Å². The van der Waals surface area contributed by atoms with Gasteiger partial charge in [0, 0.05) is 18.1 Å². The fourth-order valence-electron chi connectivity index (χ4n) is 2.88. The van der Waals surface area contributed by atoms with E-state index in [9.17, 15) is 4.79 Å². The lowest BCUT2D eigenvalue weighted by Crippen LogP contribution is -2.13. The maximum Gasteiger partial charge on any atom is 0.221 e. The molecule has 0 spiro atoms. The first kappa shape index (κ1) is 19.4. The molecule has 0 unspecified atom stereocenters. The summed E-state index contributed by atoms with van der Waals surface area (Å²) in [6, 6.07) is 9.86. The highest BCUT2D eigenvalue weighted by Gasteiger charge is 2.24. The summed E-state index contributed by atoms with van der Waals surface area (Å²) in [5.74, 6) is 1.54. The maximum absolute atomic E-state index is 11.7. The van der Waals surface area contributed by atoms with Crippen LogP contribution in [0.1, 0.15) is 23.6 Å². The van der Waals surface area contributed by atoms with Crippen molar-refractivity contribution in [3.63, 3.8) is 0 Å². The number of anilines is 1. The van der Waals surface area contributed by atoms with Crippen LogP contribution in [0.3, 0.4) is 0 Å². The predicted molar refractivity (Wildman–Crippen MR) is 103 cm³/mol. The second-order valence-electron chi connectivity index (χ2n) is 5.82. The molecule has 0 aromatic heterocycles. The Morgan fingerprint density at radius 1 is 1.12 bits per heavy atom. The number of methoxy groups -OCH3 is 2. The number of rotatable bonds is 8. The second kappa shape index (κ2) is 8.94. The molecule has 2 rings (SSSR count). The average Bonchev–Trinajstić information content (AvgIpc) is 2.63. The number of benzene rings is 2.